The highest BCUT2D eigenvalue weighted by atomic mass is 79.9. The first-order chi connectivity index (χ1) is 9.76. The van der Waals surface area contributed by atoms with E-state index in [1.165, 1.54) is 5.56 Å². The lowest BCUT2D eigenvalue weighted by atomic mass is 10.1. The Morgan fingerprint density at radius 3 is 2.30 bits per heavy atom. The first-order valence-corrected chi connectivity index (χ1v) is 7.30. The second kappa shape index (κ2) is 7.31. The van der Waals surface area contributed by atoms with Crippen molar-refractivity contribution in [2.45, 2.75) is 13.1 Å². The standard InChI is InChI=1S/C16H18BrNO2/c1-19-15-9-5-7-13(16(15)20-2)11-18-10-12-6-3-4-8-14(12)17/h3-9,18H,10-11H2,1-2H3/p+1. The lowest BCUT2D eigenvalue weighted by molar-refractivity contribution is -0.686. The average molecular weight is 337 g/mol. The smallest absolute Gasteiger partial charge is 0.169 e. The summed E-state index contributed by atoms with van der Waals surface area (Å²) in [5.74, 6) is 1.60. The summed E-state index contributed by atoms with van der Waals surface area (Å²) in [6.07, 6.45) is 0. The number of nitrogens with two attached hydrogens (primary N) is 1. The summed E-state index contributed by atoms with van der Waals surface area (Å²) in [5, 5.41) is 2.25. The zero-order valence-electron chi connectivity index (χ0n) is 11.7. The van der Waals surface area contributed by atoms with Crippen LogP contribution in [0.25, 0.3) is 0 Å². The molecule has 4 heteroatoms. The topological polar surface area (TPSA) is 35.1 Å². The first kappa shape index (κ1) is 14.9. The van der Waals surface area contributed by atoms with Crippen LogP contribution in [0.4, 0.5) is 0 Å². The Labute approximate surface area is 128 Å². The molecule has 2 rings (SSSR count). The first-order valence-electron chi connectivity index (χ1n) is 6.51. The SMILES string of the molecule is COc1cccc(C[NH2+]Cc2ccccc2Br)c1OC. The predicted molar refractivity (Wildman–Crippen MR) is 83.0 cm³/mol. The van der Waals surface area contributed by atoms with Crippen LogP contribution in [0.2, 0.25) is 0 Å². The number of halogens is 1. The van der Waals surface area contributed by atoms with Gasteiger partial charge in [-0.2, -0.15) is 0 Å². The molecule has 0 atom stereocenters. The van der Waals surface area contributed by atoms with Gasteiger partial charge in [-0.05, 0) is 18.2 Å². The maximum atomic E-state index is 5.44. The van der Waals surface area contributed by atoms with Gasteiger partial charge in [0.05, 0.1) is 19.8 Å². The number of methoxy groups -OCH3 is 2. The van der Waals surface area contributed by atoms with E-state index in [0.29, 0.717) is 0 Å². The molecule has 0 saturated carbocycles. The Morgan fingerprint density at radius 1 is 0.900 bits per heavy atom. The predicted octanol–water partition coefficient (Wildman–Crippen LogP) is 2.73. The minimum absolute atomic E-state index is 0.777. The Kier molecular flexibility index (Phi) is 5.44. The quantitative estimate of drug-likeness (QED) is 0.880. The molecule has 20 heavy (non-hydrogen) atoms. The molecule has 0 bridgehead atoms. The summed E-state index contributed by atoms with van der Waals surface area (Å²) in [6, 6.07) is 14.2. The molecule has 3 nitrogen and oxygen atoms in total. The lowest BCUT2D eigenvalue weighted by Crippen LogP contribution is -2.80. The fraction of sp³-hybridized carbons (Fsp3) is 0.250. The van der Waals surface area contributed by atoms with Gasteiger partial charge >= 0.3 is 0 Å². The van der Waals surface area contributed by atoms with Crippen LogP contribution in [0, 0.1) is 0 Å². The summed E-state index contributed by atoms with van der Waals surface area (Å²) < 4.78 is 11.9. The van der Waals surface area contributed by atoms with E-state index < -0.39 is 0 Å². The molecule has 0 aliphatic heterocycles. The van der Waals surface area contributed by atoms with Gasteiger partial charge in [-0.25, -0.2) is 0 Å². The van der Waals surface area contributed by atoms with Gasteiger partial charge in [0.25, 0.3) is 0 Å². The van der Waals surface area contributed by atoms with Crippen LogP contribution in [0.15, 0.2) is 46.9 Å². The Balaban J connectivity index is 2.03. The molecule has 0 spiro atoms. The van der Waals surface area contributed by atoms with Gasteiger partial charge in [0, 0.05) is 10.0 Å². The van der Waals surface area contributed by atoms with Gasteiger partial charge in [0.1, 0.15) is 13.1 Å². The molecule has 0 saturated heterocycles. The normalized spacial score (nSPS) is 10.3. The number of hydrogen-bond donors (Lipinski definition) is 1. The average Bonchev–Trinajstić information content (AvgIpc) is 2.48. The zero-order chi connectivity index (χ0) is 14.4. The van der Waals surface area contributed by atoms with Gasteiger partial charge in [0.2, 0.25) is 0 Å². The van der Waals surface area contributed by atoms with E-state index >= 15 is 0 Å². The fourth-order valence-corrected chi connectivity index (χ4v) is 2.61. The van der Waals surface area contributed by atoms with E-state index in [-0.39, 0.29) is 0 Å². The highest BCUT2D eigenvalue weighted by Gasteiger charge is 2.10. The Hall–Kier alpha value is -1.52. The highest BCUT2D eigenvalue weighted by molar-refractivity contribution is 9.10. The molecule has 2 N–H and O–H groups in total. The molecule has 0 radical (unpaired) electrons. The Bertz CT molecular complexity index is 572. The monoisotopic (exact) mass is 336 g/mol. The van der Waals surface area contributed by atoms with Crippen molar-refractivity contribution in [2.75, 3.05) is 14.2 Å². The van der Waals surface area contributed by atoms with Crippen LogP contribution < -0.4 is 14.8 Å². The Morgan fingerprint density at radius 2 is 1.60 bits per heavy atom. The van der Waals surface area contributed by atoms with E-state index in [9.17, 15) is 0 Å². The molecule has 0 aliphatic carbocycles. The summed E-state index contributed by atoms with van der Waals surface area (Å²) in [4.78, 5) is 0. The minimum atomic E-state index is 0.777. The van der Waals surface area contributed by atoms with E-state index in [0.717, 1.165) is 34.6 Å². The van der Waals surface area contributed by atoms with Crippen LogP contribution in [0.1, 0.15) is 11.1 Å². The van der Waals surface area contributed by atoms with Crippen molar-refractivity contribution < 1.29 is 14.8 Å². The van der Waals surface area contributed by atoms with Gasteiger partial charge in [-0.15, -0.1) is 0 Å². The van der Waals surface area contributed by atoms with Gasteiger partial charge in [-0.3, -0.25) is 0 Å². The number of para-hydroxylation sites is 1. The second-order valence-corrected chi connectivity index (χ2v) is 5.30. The van der Waals surface area contributed by atoms with Crippen molar-refractivity contribution in [3.8, 4) is 11.5 Å². The molecular weight excluding hydrogens is 318 g/mol. The van der Waals surface area contributed by atoms with Crippen molar-refractivity contribution in [1.29, 1.82) is 0 Å². The van der Waals surface area contributed by atoms with Crippen molar-refractivity contribution in [3.05, 3.63) is 58.1 Å². The molecule has 0 unspecified atom stereocenters. The third kappa shape index (κ3) is 3.52. The van der Waals surface area contributed by atoms with E-state index in [2.05, 4.69) is 45.5 Å². The lowest BCUT2D eigenvalue weighted by Gasteiger charge is -2.12. The minimum Gasteiger partial charge on any atom is -0.493 e. The molecular formula is C16H19BrNO2+. The van der Waals surface area contributed by atoms with Gasteiger partial charge in [-0.1, -0.05) is 40.2 Å². The number of ether oxygens (including phenoxy) is 2. The summed E-state index contributed by atoms with van der Waals surface area (Å²) in [6.45, 7) is 1.77. The maximum absolute atomic E-state index is 5.44. The summed E-state index contributed by atoms with van der Waals surface area (Å²) in [5.41, 5.74) is 2.42. The van der Waals surface area contributed by atoms with Gasteiger partial charge < -0.3 is 14.8 Å². The number of benzene rings is 2. The number of hydrogen-bond acceptors (Lipinski definition) is 2. The van der Waals surface area contributed by atoms with E-state index in [1.54, 1.807) is 14.2 Å². The summed E-state index contributed by atoms with van der Waals surface area (Å²) in [7, 11) is 3.33. The maximum Gasteiger partial charge on any atom is 0.169 e. The van der Waals surface area contributed by atoms with Crippen LogP contribution in [0.5, 0.6) is 11.5 Å². The van der Waals surface area contributed by atoms with Crippen LogP contribution in [0.3, 0.4) is 0 Å². The fourth-order valence-electron chi connectivity index (χ4n) is 2.16. The molecule has 106 valence electrons. The van der Waals surface area contributed by atoms with E-state index in [4.69, 9.17) is 9.47 Å². The molecule has 0 aliphatic rings. The van der Waals surface area contributed by atoms with Crippen LogP contribution in [-0.2, 0) is 13.1 Å². The largest absolute Gasteiger partial charge is 0.493 e. The number of quaternary nitrogens is 1. The molecule has 0 fully saturated rings. The third-order valence-electron chi connectivity index (χ3n) is 3.17. The zero-order valence-corrected chi connectivity index (χ0v) is 13.3. The molecule has 2 aromatic rings. The molecule has 2 aromatic carbocycles. The third-order valence-corrected chi connectivity index (χ3v) is 3.94. The molecule has 0 aromatic heterocycles. The summed E-state index contributed by atoms with van der Waals surface area (Å²) >= 11 is 3.57. The molecule has 0 heterocycles. The van der Waals surface area contributed by atoms with Gasteiger partial charge in [0.15, 0.2) is 11.5 Å². The second-order valence-electron chi connectivity index (χ2n) is 4.44. The van der Waals surface area contributed by atoms with Crippen LogP contribution in [-0.4, -0.2) is 14.2 Å². The van der Waals surface area contributed by atoms with Crippen LogP contribution >= 0.6 is 15.9 Å². The highest BCUT2D eigenvalue weighted by Crippen LogP contribution is 2.29. The number of rotatable bonds is 6. The van der Waals surface area contributed by atoms with Crippen molar-refractivity contribution >= 4 is 15.9 Å². The van der Waals surface area contributed by atoms with Crippen molar-refractivity contribution in [1.82, 2.24) is 0 Å². The van der Waals surface area contributed by atoms with Crippen molar-refractivity contribution in [3.63, 3.8) is 0 Å². The van der Waals surface area contributed by atoms with E-state index in [1.807, 2.05) is 18.2 Å². The molecule has 0 amide bonds. The van der Waals surface area contributed by atoms with Crippen molar-refractivity contribution in [2.24, 2.45) is 0 Å².